The molecule has 160 valence electrons. The smallest absolute Gasteiger partial charge is 0.154 e. The summed E-state index contributed by atoms with van der Waals surface area (Å²) in [6, 6.07) is 15.2. The molecule has 0 aliphatic heterocycles. The number of rotatable bonds is 8. The Morgan fingerprint density at radius 2 is 1.97 bits per heavy atom. The molecule has 3 N–H and O–H groups in total. The molecule has 31 heavy (non-hydrogen) atoms. The number of aryl methyl sites for hydroxylation is 2. The summed E-state index contributed by atoms with van der Waals surface area (Å²) in [5.74, 6) is 1.38. The van der Waals surface area contributed by atoms with Crippen LogP contribution in [0.15, 0.2) is 54.7 Å². The average Bonchev–Trinajstić information content (AvgIpc) is 3.10. The van der Waals surface area contributed by atoms with Gasteiger partial charge in [0.15, 0.2) is 5.65 Å². The van der Waals surface area contributed by atoms with Crippen LogP contribution in [-0.4, -0.2) is 49.1 Å². The molecule has 0 aliphatic carbocycles. The largest absolute Gasteiger partial charge is 0.490 e. The molecule has 1 aromatic carbocycles. The zero-order valence-corrected chi connectivity index (χ0v) is 17.5. The minimum atomic E-state index is -0.937. The van der Waals surface area contributed by atoms with Gasteiger partial charge in [-0.1, -0.05) is 12.1 Å². The summed E-state index contributed by atoms with van der Waals surface area (Å²) in [5, 5.41) is 26.8. The van der Waals surface area contributed by atoms with Gasteiger partial charge in [-0.05, 0) is 55.8 Å². The number of nitrogens with zero attached hydrogens (tertiary/aromatic N) is 4. The van der Waals surface area contributed by atoms with Gasteiger partial charge in [-0.3, -0.25) is 0 Å². The zero-order valence-electron chi connectivity index (χ0n) is 17.5. The maximum Gasteiger partial charge on any atom is 0.154 e. The molecule has 0 fully saturated rings. The van der Waals surface area contributed by atoms with Crippen LogP contribution >= 0.6 is 0 Å². The summed E-state index contributed by atoms with van der Waals surface area (Å²) < 4.78 is 7.54. The van der Waals surface area contributed by atoms with Crippen molar-refractivity contribution in [1.29, 1.82) is 0 Å². The number of pyridine rings is 1. The monoisotopic (exact) mass is 419 g/mol. The van der Waals surface area contributed by atoms with E-state index in [2.05, 4.69) is 15.3 Å². The van der Waals surface area contributed by atoms with E-state index < -0.39 is 6.10 Å². The van der Waals surface area contributed by atoms with Crippen LogP contribution in [0.1, 0.15) is 17.0 Å². The minimum Gasteiger partial charge on any atom is -0.490 e. The Morgan fingerprint density at radius 3 is 2.77 bits per heavy atom. The molecule has 0 spiro atoms. The fourth-order valence-electron chi connectivity index (χ4n) is 3.29. The second-order valence-electron chi connectivity index (χ2n) is 7.35. The molecule has 1 atom stereocenters. The number of benzene rings is 1. The van der Waals surface area contributed by atoms with Gasteiger partial charge in [0.25, 0.3) is 0 Å². The number of hydrogen-bond acceptors (Lipinski definition) is 7. The predicted molar refractivity (Wildman–Crippen MR) is 118 cm³/mol. The van der Waals surface area contributed by atoms with Crippen LogP contribution in [0.5, 0.6) is 5.75 Å². The molecule has 3 aromatic heterocycles. The molecule has 1 unspecified atom stereocenters. The van der Waals surface area contributed by atoms with Crippen molar-refractivity contribution < 1.29 is 14.9 Å². The number of hydrogen-bond donors (Lipinski definition) is 3. The average molecular weight is 419 g/mol. The first kappa shape index (κ1) is 20.8. The van der Waals surface area contributed by atoms with Crippen LogP contribution in [0.4, 0.5) is 5.82 Å². The van der Waals surface area contributed by atoms with E-state index in [1.54, 1.807) is 6.20 Å². The Morgan fingerprint density at radius 1 is 1.13 bits per heavy atom. The van der Waals surface area contributed by atoms with Crippen molar-refractivity contribution in [1.82, 2.24) is 19.6 Å². The lowest BCUT2D eigenvalue weighted by atomic mass is 10.1. The lowest BCUT2D eigenvalue weighted by Crippen LogP contribution is -2.21. The molecule has 0 bridgehead atoms. The van der Waals surface area contributed by atoms with Gasteiger partial charge in [-0.2, -0.15) is 5.10 Å². The van der Waals surface area contributed by atoms with Crippen LogP contribution < -0.4 is 10.1 Å². The summed E-state index contributed by atoms with van der Waals surface area (Å²) in [4.78, 5) is 8.97. The normalized spacial score (nSPS) is 12.1. The SMILES string of the molecule is Cc1ccnc(NCc2c(C)nc3ccc(-c4ccccc4OCC(O)CO)nn23)c1. The van der Waals surface area contributed by atoms with Crippen LogP contribution in [0.25, 0.3) is 16.9 Å². The number of fused-ring (bicyclic) bond motifs is 1. The molecule has 0 saturated heterocycles. The predicted octanol–water partition coefficient (Wildman–Crippen LogP) is 2.75. The number of anilines is 1. The Balaban J connectivity index is 1.65. The summed E-state index contributed by atoms with van der Waals surface area (Å²) >= 11 is 0. The second-order valence-corrected chi connectivity index (χ2v) is 7.35. The minimum absolute atomic E-state index is 0.00139. The molecule has 0 amide bonds. The maximum absolute atomic E-state index is 9.62. The van der Waals surface area contributed by atoms with Crippen LogP contribution in [-0.2, 0) is 6.54 Å². The van der Waals surface area contributed by atoms with Gasteiger partial charge in [-0.15, -0.1) is 0 Å². The Bertz CT molecular complexity index is 1190. The Labute approximate surface area is 180 Å². The van der Waals surface area contributed by atoms with Crippen LogP contribution in [0.2, 0.25) is 0 Å². The van der Waals surface area contributed by atoms with Crippen molar-refractivity contribution in [2.45, 2.75) is 26.5 Å². The topological polar surface area (TPSA) is 105 Å². The molecule has 3 heterocycles. The first-order valence-electron chi connectivity index (χ1n) is 10.1. The van der Waals surface area contributed by atoms with E-state index in [9.17, 15) is 5.11 Å². The van der Waals surface area contributed by atoms with E-state index >= 15 is 0 Å². The van der Waals surface area contributed by atoms with E-state index in [1.165, 1.54) is 0 Å². The summed E-state index contributed by atoms with van der Waals surface area (Å²) in [5.41, 5.74) is 5.23. The summed E-state index contributed by atoms with van der Waals surface area (Å²) in [6.07, 6.45) is 0.840. The number of para-hydroxylation sites is 1. The highest BCUT2D eigenvalue weighted by Gasteiger charge is 2.14. The molecule has 8 nitrogen and oxygen atoms in total. The van der Waals surface area contributed by atoms with Crippen molar-refractivity contribution in [3.05, 3.63) is 71.7 Å². The summed E-state index contributed by atoms with van der Waals surface area (Å²) in [7, 11) is 0. The molecular formula is C23H25N5O3. The van der Waals surface area contributed by atoms with E-state index in [-0.39, 0.29) is 13.2 Å². The molecule has 8 heteroatoms. The van der Waals surface area contributed by atoms with E-state index in [4.69, 9.17) is 14.9 Å². The van der Waals surface area contributed by atoms with Crippen molar-refractivity contribution >= 4 is 11.5 Å². The highest BCUT2D eigenvalue weighted by atomic mass is 16.5. The Kier molecular flexibility index (Phi) is 6.11. The van der Waals surface area contributed by atoms with E-state index in [0.29, 0.717) is 18.0 Å². The number of imidazole rings is 1. The first-order chi connectivity index (χ1) is 15.0. The van der Waals surface area contributed by atoms with Crippen molar-refractivity contribution in [2.24, 2.45) is 0 Å². The number of aliphatic hydroxyl groups excluding tert-OH is 2. The van der Waals surface area contributed by atoms with Crippen LogP contribution in [0, 0.1) is 13.8 Å². The molecule has 0 aliphatic rings. The lowest BCUT2D eigenvalue weighted by molar-refractivity contribution is 0.0538. The lowest BCUT2D eigenvalue weighted by Gasteiger charge is -2.13. The molecule has 4 aromatic rings. The first-order valence-corrected chi connectivity index (χ1v) is 10.1. The highest BCUT2D eigenvalue weighted by Crippen LogP contribution is 2.29. The van der Waals surface area contributed by atoms with Gasteiger partial charge in [0.2, 0.25) is 0 Å². The fourth-order valence-corrected chi connectivity index (χ4v) is 3.29. The fraction of sp³-hybridized carbons (Fsp3) is 0.261. The molecule has 0 radical (unpaired) electrons. The van der Waals surface area contributed by atoms with Crippen molar-refractivity contribution in [3.8, 4) is 17.0 Å². The zero-order chi connectivity index (χ0) is 21.8. The maximum atomic E-state index is 9.62. The molecule has 0 saturated carbocycles. The van der Waals surface area contributed by atoms with Gasteiger partial charge in [-0.25, -0.2) is 14.5 Å². The molecular weight excluding hydrogens is 394 g/mol. The van der Waals surface area contributed by atoms with Gasteiger partial charge in [0.1, 0.15) is 24.3 Å². The van der Waals surface area contributed by atoms with Crippen molar-refractivity contribution in [2.75, 3.05) is 18.5 Å². The standard InChI is InChI=1S/C23H25N5O3/c1-15-9-10-24-22(11-15)25-12-20-16(2)26-23-8-7-19(27-28(20)23)18-5-3-4-6-21(18)31-14-17(30)13-29/h3-11,17,29-30H,12-14H2,1-2H3,(H,24,25). The third-order valence-corrected chi connectivity index (χ3v) is 4.93. The number of ether oxygens (including phenoxy) is 1. The van der Waals surface area contributed by atoms with Gasteiger partial charge in [0, 0.05) is 11.8 Å². The Hall–Kier alpha value is -3.49. The van der Waals surface area contributed by atoms with Gasteiger partial charge in [0.05, 0.1) is 30.2 Å². The van der Waals surface area contributed by atoms with Crippen LogP contribution in [0.3, 0.4) is 0 Å². The molecule has 4 rings (SSSR count). The second kappa shape index (κ2) is 9.11. The van der Waals surface area contributed by atoms with Crippen molar-refractivity contribution in [3.63, 3.8) is 0 Å². The van der Waals surface area contributed by atoms with Gasteiger partial charge < -0.3 is 20.3 Å². The van der Waals surface area contributed by atoms with E-state index in [0.717, 1.165) is 34.0 Å². The number of aromatic nitrogens is 4. The number of nitrogens with one attached hydrogen (secondary N) is 1. The third kappa shape index (κ3) is 4.65. The third-order valence-electron chi connectivity index (χ3n) is 4.93. The highest BCUT2D eigenvalue weighted by molar-refractivity contribution is 5.67. The van der Waals surface area contributed by atoms with E-state index in [1.807, 2.05) is 66.9 Å². The van der Waals surface area contributed by atoms with Gasteiger partial charge >= 0.3 is 0 Å². The summed E-state index contributed by atoms with van der Waals surface area (Å²) in [6.45, 7) is 4.16. The quantitative estimate of drug-likeness (QED) is 0.403. The number of aliphatic hydroxyl groups is 2.